The largest absolute Gasteiger partial charge is 0.359 e. The number of carbonyl (C=O) groups excluding carboxylic acids is 1. The van der Waals surface area contributed by atoms with Gasteiger partial charge in [-0.3, -0.25) is 4.79 Å². The molecule has 0 aromatic heterocycles. The molecule has 0 bridgehead atoms. The van der Waals surface area contributed by atoms with Crippen molar-refractivity contribution in [1.29, 1.82) is 0 Å². The number of nitrogens with one attached hydrogen (secondary N) is 1. The van der Waals surface area contributed by atoms with Crippen LogP contribution >= 0.6 is 0 Å². The number of carbonyl (C=O) groups is 1. The van der Waals surface area contributed by atoms with Gasteiger partial charge in [0.2, 0.25) is 5.91 Å². The Balaban J connectivity index is 0.000000420. The lowest BCUT2D eigenvalue weighted by Gasteiger charge is -2.17. The predicted octanol–water partition coefficient (Wildman–Crippen LogP) is 4.65. The molecule has 2 aromatic carbocycles. The van der Waals surface area contributed by atoms with E-state index in [1.807, 2.05) is 50.2 Å². The Kier molecular flexibility index (Phi) is 9.81. The van der Waals surface area contributed by atoms with Gasteiger partial charge < -0.3 is 5.32 Å². The van der Waals surface area contributed by atoms with Crippen molar-refractivity contribution in [3.8, 4) is 0 Å². The fourth-order valence-corrected chi connectivity index (χ4v) is 3.71. The highest BCUT2D eigenvalue weighted by Crippen LogP contribution is 2.28. The van der Waals surface area contributed by atoms with Crippen LogP contribution in [0.2, 0.25) is 0 Å². The summed E-state index contributed by atoms with van der Waals surface area (Å²) in [4.78, 5) is 11.0. The predicted molar refractivity (Wildman–Crippen MR) is 105 cm³/mol. The Bertz CT molecular complexity index is 732. The molecule has 0 saturated carbocycles. The Morgan fingerprint density at radius 2 is 1.62 bits per heavy atom. The number of halogens is 1. The van der Waals surface area contributed by atoms with E-state index in [0.717, 1.165) is 41.7 Å². The van der Waals surface area contributed by atoms with Gasteiger partial charge in [0.1, 0.15) is 5.82 Å². The normalized spacial score (nSPS) is 13.1. The van der Waals surface area contributed by atoms with Gasteiger partial charge in [0, 0.05) is 23.8 Å². The zero-order valence-corrected chi connectivity index (χ0v) is 16.8. The quantitative estimate of drug-likeness (QED) is 0.828. The molecule has 0 aliphatic heterocycles. The van der Waals surface area contributed by atoms with Crippen LogP contribution < -0.4 is 5.32 Å². The summed E-state index contributed by atoms with van der Waals surface area (Å²) in [6, 6.07) is 12.6. The van der Waals surface area contributed by atoms with Crippen LogP contribution in [0, 0.1) is 5.82 Å². The van der Waals surface area contributed by atoms with Gasteiger partial charge in [0.05, 0.1) is 10.8 Å². The maximum atomic E-state index is 14.1. The second-order valence-corrected chi connectivity index (χ2v) is 7.12. The fraction of sp³-hybridized carbons (Fsp3) is 0.381. The molecule has 0 fully saturated rings. The number of aryl methyl sites for hydroxylation is 1. The summed E-state index contributed by atoms with van der Waals surface area (Å²) in [7, 11) is 0.304. The van der Waals surface area contributed by atoms with E-state index in [1.54, 1.807) is 7.05 Å². The van der Waals surface area contributed by atoms with E-state index < -0.39 is 10.8 Å². The number of hydrogen-bond donors (Lipinski definition) is 1. The molecule has 1 aliphatic carbocycles. The maximum absolute atomic E-state index is 14.1. The molecule has 2 aromatic rings. The third kappa shape index (κ3) is 6.37. The third-order valence-corrected chi connectivity index (χ3v) is 5.27. The molecule has 1 N–H and O–H groups in total. The molecule has 3 rings (SSSR count). The molecule has 0 radical (unpaired) electrons. The SMILES string of the molecule is CC.CNC(C)=O.O=S(c1ccccc1)c1cc(F)c2c(c1)CCCC2. The van der Waals surface area contributed by atoms with Gasteiger partial charge >= 0.3 is 0 Å². The molecule has 5 heteroatoms. The summed E-state index contributed by atoms with van der Waals surface area (Å²) in [5, 5.41) is 2.39. The summed E-state index contributed by atoms with van der Waals surface area (Å²) in [5.41, 5.74) is 1.85. The zero-order chi connectivity index (χ0) is 19.5. The fourth-order valence-electron chi connectivity index (χ4n) is 2.57. The molecule has 1 amide bonds. The first kappa shape index (κ1) is 22.0. The second kappa shape index (κ2) is 11.6. The lowest BCUT2D eigenvalue weighted by Crippen LogP contribution is -2.11. The summed E-state index contributed by atoms with van der Waals surface area (Å²) in [6.45, 7) is 5.47. The van der Waals surface area contributed by atoms with Crippen molar-refractivity contribution in [2.75, 3.05) is 7.05 Å². The number of rotatable bonds is 2. The highest BCUT2D eigenvalue weighted by molar-refractivity contribution is 7.85. The van der Waals surface area contributed by atoms with Crippen molar-refractivity contribution in [2.24, 2.45) is 0 Å². The van der Waals surface area contributed by atoms with Gasteiger partial charge in [-0.15, -0.1) is 0 Å². The first-order chi connectivity index (χ1) is 12.5. The van der Waals surface area contributed by atoms with Gasteiger partial charge in [0.15, 0.2) is 0 Å². The molecule has 26 heavy (non-hydrogen) atoms. The first-order valence-corrected chi connectivity index (χ1v) is 10.1. The number of hydrogen-bond acceptors (Lipinski definition) is 2. The molecular formula is C21H28FNO2S. The van der Waals surface area contributed by atoms with Crippen LogP contribution in [-0.2, 0) is 28.4 Å². The van der Waals surface area contributed by atoms with Crippen LogP contribution in [0.15, 0.2) is 52.3 Å². The third-order valence-electron chi connectivity index (χ3n) is 3.91. The average molecular weight is 378 g/mol. The standard InChI is InChI=1S/C16H15FOS.C3H7NO.C2H6/c17-16-11-14(10-12-6-4-5-9-15(12)16)19(18)13-7-2-1-3-8-13;1-3(5)4-2;1-2/h1-3,7-8,10-11H,4-6,9H2;1-2H3,(H,4,5);1-2H3. The van der Waals surface area contributed by atoms with Gasteiger partial charge in [-0.2, -0.15) is 0 Å². The minimum atomic E-state index is -1.30. The molecule has 1 unspecified atom stereocenters. The minimum absolute atomic E-state index is 0.00463. The van der Waals surface area contributed by atoms with E-state index >= 15 is 0 Å². The lowest BCUT2D eigenvalue weighted by molar-refractivity contribution is -0.118. The summed E-state index contributed by atoms with van der Waals surface area (Å²) in [5.74, 6) is -0.193. The molecule has 1 aliphatic rings. The summed E-state index contributed by atoms with van der Waals surface area (Å²) in [6.07, 6.45) is 3.84. The van der Waals surface area contributed by atoms with Gasteiger partial charge in [0.25, 0.3) is 0 Å². The number of fused-ring (bicyclic) bond motifs is 1. The lowest BCUT2D eigenvalue weighted by atomic mass is 9.91. The van der Waals surface area contributed by atoms with E-state index in [-0.39, 0.29) is 11.7 Å². The van der Waals surface area contributed by atoms with Gasteiger partial charge in [-0.05, 0) is 61.1 Å². The van der Waals surface area contributed by atoms with Crippen LogP contribution in [0.3, 0.4) is 0 Å². The second-order valence-electron chi connectivity index (χ2n) is 5.64. The van der Waals surface area contributed by atoms with E-state index in [1.165, 1.54) is 13.0 Å². The molecule has 1 atom stereocenters. The van der Waals surface area contributed by atoms with Crippen molar-refractivity contribution in [2.45, 2.75) is 56.2 Å². The highest BCUT2D eigenvalue weighted by atomic mass is 32.2. The maximum Gasteiger partial charge on any atom is 0.216 e. The molecule has 0 saturated heterocycles. The Morgan fingerprint density at radius 3 is 2.19 bits per heavy atom. The summed E-state index contributed by atoms with van der Waals surface area (Å²) < 4.78 is 26.5. The molecular weight excluding hydrogens is 349 g/mol. The van der Waals surface area contributed by atoms with Gasteiger partial charge in [-0.1, -0.05) is 32.0 Å². The van der Waals surface area contributed by atoms with Crippen LogP contribution in [0.5, 0.6) is 0 Å². The minimum Gasteiger partial charge on any atom is -0.359 e. The van der Waals surface area contributed by atoms with Crippen LogP contribution in [0.4, 0.5) is 4.39 Å². The Morgan fingerprint density at radius 1 is 1.04 bits per heavy atom. The first-order valence-electron chi connectivity index (χ1n) is 8.99. The molecule has 0 spiro atoms. The summed E-state index contributed by atoms with van der Waals surface area (Å²) >= 11 is 0. The van der Waals surface area contributed by atoms with Crippen molar-refractivity contribution < 1.29 is 13.4 Å². The van der Waals surface area contributed by atoms with E-state index in [0.29, 0.717) is 4.90 Å². The monoisotopic (exact) mass is 377 g/mol. The van der Waals surface area contributed by atoms with Crippen molar-refractivity contribution in [3.05, 3.63) is 59.4 Å². The Hall–Kier alpha value is -2.01. The van der Waals surface area contributed by atoms with Crippen LogP contribution in [0.1, 0.15) is 44.7 Å². The highest BCUT2D eigenvalue weighted by Gasteiger charge is 2.17. The van der Waals surface area contributed by atoms with Crippen LogP contribution in [0.25, 0.3) is 0 Å². The molecule has 3 nitrogen and oxygen atoms in total. The van der Waals surface area contributed by atoms with E-state index in [2.05, 4.69) is 5.32 Å². The molecule has 142 valence electrons. The average Bonchev–Trinajstić information content (AvgIpc) is 2.70. The van der Waals surface area contributed by atoms with E-state index in [4.69, 9.17) is 0 Å². The van der Waals surface area contributed by atoms with Crippen molar-refractivity contribution in [1.82, 2.24) is 5.32 Å². The van der Waals surface area contributed by atoms with Crippen molar-refractivity contribution >= 4 is 16.7 Å². The van der Waals surface area contributed by atoms with Crippen molar-refractivity contribution in [3.63, 3.8) is 0 Å². The van der Waals surface area contributed by atoms with Gasteiger partial charge in [-0.25, -0.2) is 8.60 Å². The molecule has 0 heterocycles. The smallest absolute Gasteiger partial charge is 0.216 e. The zero-order valence-electron chi connectivity index (χ0n) is 16.0. The number of amides is 1. The number of benzene rings is 2. The van der Waals surface area contributed by atoms with Crippen LogP contribution in [-0.4, -0.2) is 17.2 Å². The topological polar surface area (TPSA) is 46.2 Å². The Labute approximate surface area is 158 Å². The van der Waals surface area contributed by atoms with E-state index in [9.17, 15) is 13.4 Å².